The fourth-order valence-corrected chi connectivity index (χ4v) is 4.56. The molecule has 1 unspecified atom stereocenters. The van der Waals surface area contributed by atoms with Gasteiger partial charge in [-0.05, 0) is 74.7 Å². The Morgan fingerprint density at radius 3 is 2.75 bits per heavy atom. The molecule has 0 aromatic heterocycles. The molecule has 0 bridgehead atoms. The van der Waals surface area contributed by atoms with Crippen LogP contribution in [0, 0.1) is 11.3 Å². The SMILES string of the molecule is CCOc1cccc(CC2(CN[C@@H]3CC3CC)CCN(CCC(=O)O)CC2)c1. The van der Waals surface area contributed by atoms with E-state index in [1.54, 1.807) is 0 Å². The Hall–Kier alpha value is -1.59. The lowest BCUT2D eigenvalue weighted by Crippen LogP contribution is -2.47. The van der Waals surface area contributed by atoms with Gasteiger partial charge in [-0.25, -0.2) is 0 Å². The third-order valence-corrected chi connectivity index (χ3v) is 6.53. The Labute approximate surface area is 169 Å². The number of piperidine rings is 1. The fourth-order valence-electron chi connectivity index (χ4n) is 4.56. The monoisotopic (exact) mass is 388 g/mol. The number of nitrogens with one attached hydrogen (secondary N) is 1. The predicted molar refractivity (Wildman–Crippen MR) is 112 cm³/mol. The van der Waals surface area contributed by atoms with Gasteiger partial charge in [0.1, 0.15) is 5.75 Å². The minimum atomic E-state index is -0.703. The van der Waals surface area contributed by atoms with Crippen molar-refractivity contribution in [2.45, 2.75) is 58.4 Å². The van der Waals surface area contributed by atoms with Gasteiger partial charge in [0.05, 0.1) is 13.0 Å². The maximum absolute atomic E-state index is 10.9. The molecule has 156 valence electrons. The number of carboxylic acid groups (broad SMARTS) is 1. The molecule has 5 heteroatoms. The van der Waals surface area contributed by atoms with E-state index in [1.807, 2.05) is 13.0 Å². The maximum atomic E-state index is 10.9. The summed E-state index contributed by atoms with van der Waals surface area (Å²) in [6.07, 6.45) is 6.10. The number of aliphatic carboxylic acids is 1. The minimum absolute atomic E-state index is 0.238. The molecule has 5 nitrogen and oxygen atoms in total. The second-order valence-electron chi connectivity index (χ2n) is 8.63. The van der Waals surface area contributed by atoms with Crippen LogP contribution < -0.4 is 10.1 Å². The number of benzene rings is 1. The first-order chi connectivity index (χ1) is 13.5. The van der Waals surface area contributed by atoms with Crippen LogP contribution in [0.2, 0.25) is 0 Å². The van der Waals surface area contributed by atoms with E-state index in [0.717, 1.165) is 50.6 Å². The standard InChI is InChI=1S/C23H36N2O3/c1-3-19-15-21(19)24-17-23(9-12-25(13-10-23)11-8-22(26)27)16-18-6-5-7-20(14-18)28-4-2/h5-7,14,19,21,24H,3-4,8-13,15-17H2,1-2H3,(H,26,27)/t19?,21-/m1/s1. The molecule has 2 fully saturated rings. The van der Waals surface area contributed by atoms with Crippen LogP contribution in [-0.2, 0) is 11.2 Å². The summed E-state index contributed by atoms with van der Waals surface area (Å²) in [4.78, 5) is 13.2. The molecule has 1 saturated heterocycles. The summed E-state index contributed by atoms with van der Waals surface area (Å²) >= 11 is 0. The fraction of sp³-hybridized carbons (Fsp3) is 0.696. The van der Waals surface area contributed by atoms with Gasteiger partial charge in [-0.2, -0.15) is 0 Å². The lowest BCUT2D eigenvalue weighted by Gasteiger charge is -2.42. The lowest BCUT2D eigenvalue weighted by atomic mass is 9.73. The van der Waals surface area contributed by atoms with Gasteiger partial charge in [0.2, 0.25) is 0 Å². The molecule has 2 atom stereocenters. The molecule has 1 aliphatic carbocycles. The first-order valence-corrected chi connectivity index (χ1v) is 10.9. The van der Waals surface area contributed by atoms with E-state index in [1.165, 1.54) is 18.4 Å². The van der Waals surface area contributed by atoms with Gasteiger partial charge in [0.25, 0.3) is 0 Å². The average molecular weight is 389 g/mol. The molecule has 0 radical (unpaired) electrons. The van der Waals surface area contributed by atoms with Gasteiger partial charge in [0.15, 0.2) is 0 Å². The molecule has 3 rings (SSSR count). The number of rotatable bonds is 11. The molecule has 1 aliphatic heterocycles. The largest absolute Gasteiger partial charge is 0.494 e. The molecular formula is C23H36N2O3. The van der Waals surface area contributed by atoms with E-state index in [9.17, 15) is 4.79 Å². The third-order valence-electron chi connectivity index (χ3n) is 6.53. The number of carboxylic acids is 1. The number of hydrogen-bond donors (Lipinski definition) is 2. The van der Waals surface area contributed by atoms with Crippen molar-refractivity contribution in [1.29, 1.82) is 0 Å². The van der Waals surface area contributed by atoms with E-state index >= 15 is 0 Å². The highest BCUT2D eigenvalue weighted by Gasteiger charge is 2.39. The maximum Gasteiger partial charge on any atom is 0.304 e. The number of nitrogens with zero attached hydrogens (tertiary/aromatic N) is 1. The van der Waals surface area contributed by atoms with Gasteiger partial charge in [-0.1, -0.05) is 25.5 Å². The highest BCUT2D eigenvalue weighted by Crippen LogP contribution is 2.38. The van der Waals surface area contributed by atoms with Gasteiger partial charge < -0.3 is 20.1 Å². The van der Waals surface area contributed by atoms with Crippen LogP contribution in [0.3, 0.4) is 0 Å². The normalized spacial score (nSPS) is 24.1. The predicted octanol–water partition coefficient (Wildman–Crippen LogP) is 3.57. The van der Waals surface area contributed by atoms with Crippen molar-refractivity contribution in [2.24, 2.45) is 11.3 Å². The molecule has 0 spiro atoms. The zero-order valence-corrected chi connectivity index (χ0v) is 17.5. The third kappa shape index (κ3) is 5.95. The first kappa shape index (κ1) is 21.1. The summed E-state index contributed by atoms with van der Waals surface area (Å²) in [6, 6.07) is 9.22. The summed E-state index contributed by atoms with van der Waals surface area (Å²) < 4.78 is 5.70. The zero-order chi connectivity index (χ0) is 20.0. The second kappa shape index (κ2) is 9.75. The molecule has 0 amide bonds. The van der Waals surface area contributed by atoms with E-state index in [0.29, 0.717) is 19.2 Å². The van der Waals surface area contributed by atoms with E-state index in [-0.39, 0.29) is 11.8 Å². The highest BCUT2D eigenvalue weighted by atomic mass is 16.5. The average Bonchev–Trinajstić information content (AvgIpc) is 3.45. The van der Waals surface area contributed by atoms with Crippen LogP contribution >= 0.6 is 0 Å². The van der Waals surface area contributed by atoms with Crippen molar-refractivity contribution in [3.63, 3.8) is 0 Å². The molecule has 28 heavy (non-hydrogen) atoms. The Kier molecular flexibility index (Phi) is 7.36. The van der Waals surface area contributed by atoms with Crippen molar-refractivity contribution in [3.8, 4) is 5.75 Å². The molecule has 1 aromatic rings. The Balaban J connectivity index is 1.63. The summed E-state index contributed by atoms with van der Waals surface area (Å²) in [5.74, 6) is 1.11. The van der Waals surface area contributed by atoms with Gasteiger partial charge in [0, 0.05) is 19.1 Å². The van der Waals surface area contributed by atoms with Crippen LogP contribution in [0.4, 0.5) is 0 Å². The molecule has 1 saturated carbocycles. The quantitative estimate of drug-likeness (QED) is 0.607. The lowest BCUT2D eigenvalue weighted by molar-refractivity contribution is -0.137. The van der Waals surface area contributed by atoms with Crippen molar-refractivity contribution >= 4 is 5.97 Å². The summed E-state index contributed by atoms with van der Waals surface area (Å²) in [7, 11) is 0. The first-order valence-electron chi connectivity index (χ1n) is 10.9. The van der Waals surface area contributed by atoms with Crippen molar-refractivity contribution in [3.05, 3.63) is 29.8 Å². The minimum Gasteiger partial charge on any atom is -0.494 e. The van der Waals surface area contributed by atoms with E-state index in [4.69, 9.17) is 9.84 Å². The highest BCUT2D eigenvalue weighted by molar-refractivity contribution is 5.66. The number of carbonyl (C=O) groups is 1. The molecule has 2 aliphatic rings. The van der Waals surface area contributed by atoms with Gasteiger partial charge in [-0.3, -0.25) is 4.79 Å². The van der Waals surface area contributed by atoms with Crippen molar-refractivity contribution < 1.29 is 14.6 Å². The van der Waals surface area contributed by atoms with Gasteiger partial charge >= 0.3 is 5.97 Å². The molecule has 2 N–H and O–H groups in total. The van der Waals surface area contributed by atoms with Crippen LogP contribution in [0.25, 0.3) is 0 Å². The summed E-state index contributed by atoms with van der Waals surface area (Å²) in [5.41, 5.74) is 1.58. The number of hydrogen-bond acceptors (Lipinski definition) is 4. The summed E-state index contributed by atoms with van der Waals surface area (Å²) in [6.45, 7) is 8.69. The van der Waals surface area contributed by atoms with Crippen LogP contribution in [0.5, 0.6) is 5.75 Å². The topological polar surface area (TPSA) is 61.8 Å². The smallest absolute Gasteiger partial charge is 0.304 e. The van der Waals surface area contributed by atoms with E-state index in [2.05, 4.69) is 35.3 Å². The molecular weight excluding hydrogens is 352 g/mol. The Bertz CT molecular complexity index is 640. The van der Waals surface area contributed by atoms with Gasteiger partial charge in [-0.15, -0.1) is 0 Å². The summed E-state index contributed by atoms with van der Waals surface area (Å²) in [5, 5.41) is 12.8. The number of likely N-dealkylation sites (tertiary alicyclic amines) is 1. The second-order valence-corrected chi connectivity index (χ2v) is 8.63. The van der Waals surface area contributed by atoms with Crippen LogP contribution in [0.1, 0.15) is 51.5 Å². The van der Waals surface area contributed by atoms with Crippen molar-refractivity contribution in [1.82, 2.24) is 10.2 Å². The van der Waals surface area contributed by atoms with Crippen molar-refractivity contribution in [2.75, 3.05) is 32.8 Å². The molecule has 1 aromatic carbocycles. The number of ether oxygens (including phenoxy) is 1. The van der Waals surface area contributed by atoms with Crippen LogP contribution in [-0.4, -0.2) is 54.8 Å². The Morgan fingerprint density at radius 2 is 2.11 bits per heavy atom. The molecule has 1 heterocycles. The van der Waals surface area contributed by atoms with Crippen LogP contribution in [0.15, 0.2) is 24.3 Å². The zero-order valence-electron chi connectivity index (χ0n) is 17.5. The Morgan fingerprint density at radius 1 is 1.32 bits per heavy atom. The van der Waals surface area contributed by atoms with E-state index < -0.39 is 5.97 Å².